The Hall–Kier alpha value is -1.90. The lowest BCUT2D eigenvalue weighted by Gasteiger charge is -1.89. The summed E-state index contributed by atoms with van der Waals surface area (Å²) in [6.07, 6.45) is 1.74. The van der Waals surface area contributed by atoms with Crippen molar-refractivity contribution in [2.75, 3.05) is 0 Å². The van der Waals surface area contributed by atoms with Crippen LogP contribution >= 0.6 is 0 Å². The van der Waals surface area contributed by atoms with Crippen molar-refractivity contribution < 1.29 is 4.39 Å². The van der Waals surface area contributed by atoms with Crippen molar-refractivity contribution in [2.45, 2.75) is 0 Å². The molecule has 0 unspecified atom stereocenters. The van der Waals surface area contributed by atoms with Gasteiger partial charge in [0, 0.05) is 11.6 Å². The Morgan fingerprint density at radius 1 is 1.14 bits per heavy atom. The van der Waals surface area contributed by atoms with E-state index in [0.717, 1.165) is 21.9 Å². The van der Waals surface area contributed by atoms with Crippen LogP contribution in [0, 0.1) is 5.82 Å². The Morgan fingerprint density at radius 2 is 2.07 bits per heavy atom. The minimum atomic E-state index is -0.232. The first-order valence-electron chi connectivity index (χ1n) is 4.36. The van der Waals surface area contributed by atoms with Gasteiger partial charge in [-0.15, -0.1) is 0 Å². The van der Waals surface area contributed by atoms with E-state index in [4.69, 9.17) is 0 Å². The highest BCUT2D eigenvalue weighted by Gasteiger charge is 2.04. The monoisotopic (exact) mass is 186 g/mol. The Bertz CT molecular complexity index is 613. The summed E-state index contributed by atoms with van der Waals surface area (Å²) >= 11 is 0. The van der Waals surface area contributed by atoms with Crippen LogP contribution < -0.4 is 0 Å². The molecule has 2 heterocycles. The molecule has 1 aromatic carbocycles. The zero-order valence-corrected chi connectivity index (χ0v) is 7.29. The third kappa shape index (κ3) is 0.923. The van der Waals surface area contributed by atoms with Crippen molar-refractivity contribution in [1.29, 1.82) is 0 Å². The van der Waals surface area contributed by atoms with Crippen molar-refractivity contribution in [3.63, 3.8) is 0 Å². The molecule has 0 aliphatic heterocycles. The minimum absolute atomic E-state index is 0.232. The summed E-state index contributed by atoms with van der Waals surface area (Å²) in [4.78, 5) is 7.36. The molecule has 3 rings (SSSR count). The highest BCUT2D eigenvalue weighted by Crippen LogP contribution is 2.23. The molecular weight excluding hydrogens is 179 g/mol. The van der Waals surface area contributed by atoms with Crippen LogP contribution in [0.2, 0.25) is 0 Å². The number of rotatable bonds is 0. The molecule has 68 valence electrons. The molecule has 0 spiro atoms. The molecule has 2 aromatic heterocycles. The van der Waals surface area contributed by atoms with Gasteiger partial charge in [-0.25, -0.2) is 4.39 Å². The summed E-state index contributed by atoms with van der Waals surface area (Å²) in [7, 11) is 0. The van der Waals surface area contributed by atoms with E-state index in [0.29, 0.717) is 0 Å². The first kappa shape index (κ1) is 7.50. The maximum atomic E-state index is 12.9. The van der Waals surface area contributed by atoms with Crippen LogP contribution in [0.25, 0.3) is 21.9 Å². The molecule has 0 aliphatic carbocycles. The molecule has 0 saturated carbocycles. The van der Waals surface area contributed by atoms with Crippen LogP contribution in [-0.4, -0.2) is 9.97 Å². The number of halogens is 1. The second-order valence-electron chi connectivity index (χ2n) is 3.21. The van der Waals surface area contributed by atoms with Crippen molar-refractivity contribution >= 4 is 21.9 Å². The van der Waals surface area contributed by atoms with Gasteiger partial charge in [0.05, 0.1) is 16.6 Å². The molecule has 0 aliphatic rings. The quantitative estimate of drug-likeness (QED) is 0.574. The van der Waals surface area contributed by atoms with Gasteiger partial charge in [0.15, 0.2) is 0 Å². The Kier molecular flexibility index (Phi) is 1.36. The third-order valence-corrected chi connectivity index (χ3v) is 2.31. The van der Waals surface area contributed by atoms with Crippen molar-refractivity contribution in [3.8, 4) is 0 Å². The highest BCUT2D eigenvalue weighted by atomic mass is 19.1. The number of hydrogen-bond acceptors (Lipinski definition) is 1. The van der Waals surface area contributed by atoms with E-state index in [2.05, 4.69) is 9.97 Å². The maximum Gasteiger partial charge on any atom is 0.125 e. The SMILES string of the molecule is Fc1ccc2c(c1)[nH]c1cccnc12. The van der Waals surface area contributed by atoms with Gasteiger partial charge >= 0.3 is 0 Å². The number of H-pyrrole nitrogens is 1. The second-order valence-corrected chi connectivity index (χ2v) is 3.21. The van der Waals surface area contributed by atoms with Gasteiger partial charge in [0.1, 0.15) is 5.82 Å². The lowest BCUT2D eigenvalue weighted by Crippen LogP contribution is -1.73. The molecule has 0 saturated heterocycles. The number of benzene rings is 1. The summed E-state index contributed by atoms with van der Waals surface area (Å²) in [5.41, 5.74) is 2.62. The summed E-state index contributed by atoms with van der Waals surface area (Å²) in [6.45, 7) is 0. The van der Waals surface area contributed by atoms with Gasteiger partial charge < -0.3 is 4.98 Å². The van der Waals surface area contributed by atoms with E-state index >= 15 is 0 Å². The van der Waals surface area contributed by atoms with Crippen LogP contribution in [0.3, 0.4) is 0 Å². The average molecular weight is 186 g/mol. The summed E-state index contributed by atoms with van der Waals surface area (Å²) < 4.78 is 12.9. The summed E-state index contributed by atoms with van der Waals surface area (Å²) in [5, 5.41) is 0.960. The number of aromatic amines is 1. The van der Waals surface area contributed by atoms with Crippen LogP contribution in [0.4, 0.5) is 4.39 Å². The van der Waals surface area contributed by atoms with Crippen molar-refractivity contribution in [1.82, 2.24) is 9.97 Å². The number of pyridine rings is 1. The molecule has 0 radical (unpaired) electrons. The number of fused-ring (bicyclic) bond motifs is 3. The second kappa shape index (κ2) is 2.54. The third-order valence-electron chi connectivity index (χ3n) is 2.31. The average Bonchev–Trinajstić information content (AvgIpc) is 2.54. The molecule has 0 atom stereocenters. The summed E-state index contributed by atoms with van der Waals surface area (Å²) in [5.74, 6) is -0.232. The lowest BCUT2D eigenvalue weighted by atomic mass is 10.2. The Morgan fingerprint density at radius 3 is 3.00 bits per heavy atom. The number of aromatic nitrogens is 2. The molecule has 0 bridgehead atoms. The highest BCUT2D eigenvalue weighted by molar-refractivity contribution is 6.04. The van der Waals surface area contributed by atoms with E-state index in [1.54, 1.807) is 12.3 Å². The Balaban J connectivity index is 2.57. The predicted molar refractivity (Wildman–Crippen MR) is 53.6 cm³/mol. The predicted octanol–water partition coefficient (Wildman–Crippen LogP) is 2.86. The van der Waals surface area contributed by atoms with E-state index in [1.165, 1.54) is 12.1 Å². The molecule has 14 heavy (non-hydrogen) atoms. The number of nitrogens with zero attached hydrogens (tertiary/aromatic N) is 1. The largest absolute Gasteiger partial charge is 0.353 e. The fraction of sp³-hybridized carbons (Fsp3) is 0. The van der Waals surface area contributed by atoms with Crippen molar-refractivity contribution in [3.05, 3.63) is 42.3 Å². The van der Waals surface area contributed by atoms with Crippen LogP contribution in [0.1, 0.15) is 0 Å². The topological polar surface area (TPSA) is 28.7 Å². The molecule has 1 N–H and O–H groups in total. The molecular formula is C11H7FN2. The van der Waals surface area contributed by atoms with E-state index in [1.807, 2.05) is 12.1 Å². The van der Waals surface area contributed by atoms with E-state index in [-0.39, 0.29) is 5.82 Å². The number of nitrogens with one attached hydrogen (secondary N) is 1. The maximum absolute atomic E-state index is 12.9. The van der Waals surface area contributed by atoms with Crippen LogP contribution in [0.15, 0.2) is 36.5 Å². The lowest BCUT2D eigenvalue weighted by molar-refractivity contribution is 0.629. The zero-order valence-electron chi connectivity index (χ0n) is 7.29. The normalized spacial score (nSPS) is 11.2. The van der Waals surface area contributed by atoms with Gasteiger partial charge in [-0.05, 0) is 30.3 Å². The fourth-order valence-corrected chi connectivity index (χ4v) is 1.69. The molecule has 0 amide bonds. The zero-order chi connectivity index (χ0) is 9.54. The fourth-order valence-electron chi connectivity index (χ4n) is 1.69. The standard InChI is InChI=1S/C11H7FN2/c12-7-3-4-8-10(6-7)14-9-2-1-5-13-11(8)9/h1-6,14H. The smallest absolute Gasteiger partial charge is 0.125 e. The van der Waals surface area contributed by atoms with E-state index < -0.39 is 0 Å². The molecule has 0 fully saturated rings. The first-order chi connectivity index (χ1) is 6.84. The Labute approximate surface area is 79.4 Å². The number of hydrogen-bond donors (Lipinski definition) is 1. The molecule has 2 nitrogen and oxygen atoms in total. The van der Waals surface area contributed by atoms with Gasteiger partial charge in [-0.3, -0.25) is 4.98 Å². The molecule has 3 heteroatoms. The van der Waals surface area contributed by atoms with Crippen LogP contribution in [0.5, 0.6) is 0 Å². The van der Waals surface area contributed by atoms with Gasteiger partial charge in [-0.2, -0.15) is 0 Å². The van der Waals surface area contributed by atoms with Gasteiger partial charge in [0.2, 0.25) is 0 Å². The molecule has 3 aromatic rings. The van der Waals surface area contributed by atoms with E-state index in [9.17, 15) is 4.39 Å². The van der Waals surface area contributed by atoms with Gasteiger partial charge in [-0.1, -0.05) is 0 Å². The first-order valence-corrected chi connectivity index (χ1v) is 4.36. The minimum Gasteiger partial charge on any atom is -0.353 e. The summed E-state index contributed by atoms with van der Waals surface area (Å²) in [6, 6.07) is 8.46. The van der Waals surface area contributed by atoms with Gasteiger partial charge in [0.25, 0.3) is 0 Å². The van der Waals surface area contributed by atoms with Crippen molar-refractivity contribution in [2.24, 2.45) is 0 Å². The van der Waals surface area contributed by atoms with Crippen LogP contribution in [-0.2, 0) is 0 Å².